The lowest BCUT2D eigenvalue weighted by Crippen LogP contribution is -2.54. The van der Waals surface area contributed by atoms with Crippen LogP contribution in [0.5, 0.6) is 0 Å². The molecule has 2 aromatic heterocycles. The normalized spacial score (nSPS) is 14.8. The van der Waals surface area contributed by atoms with Crippen molar-refractivity contribution in [1.82, 2.24) is 19.0 Å². The van der Waals surface area contributed by atoms with Gasteiger partial charge in [-0.2, -0.15) is 0 Å². The number of aryl methyl sites for hydroxylation is 1. The van der Waals surface area contributed by atoms with E-state index in [1.807, 2.05) is 0 Å². The van der Waals surface area contributed by atoms with Crippen LogP contribution in [-0.4, -0.2) is 30.6 Å². The first-order valence-corrected chi connectivity index (χ1v) is 12.5. The van der Waals surface area contributed by atoms with E-state index in [0.717, 1.165) is 24.7 Å². The third-order valence-electron chi connectivity index (χ3n) is 6.22. The minimum absolute atomic E-state index is 0.0464. The van der Waals surface area contributed by atoms with E-state index >= 15 is 0 Å². The molecule has 1 fully saturated rings. The van der Waals surface area contributed by atoms with Gasteiger partial charge in [0.1, 0.15) is 16.6 Å². The van der Waals surface area contributed by atoms with E-state index in [4.69, 9.17) is 35.4 Å². The molecule has 0 unspecified atom stereocenters. The lowest BCUT2D eigenvalue weighted by Gasteiger charge is -2.29. The Morgan fingerprint density at radius 2 is 1.46 bits per heavy atom. The summed E-state index contributed by atoms with van der Waals surface area (Å²) in [7, 11) is 2.68. The first-order chi connectivity index (χ1) is 18.5. The highest BCUT2D eigenvalue weighted by atomic mass is 35.5. The van der Waals surface area contributed by atoms with Gasteiger partial charge >= 0.3 is 5.69 Å². The third kappa shape index (κ3) is 4.20. The summed E-state index contributed by atoms with van der Waals surface area (Å²) in [5, 5.41) is 2.22. The Kier molecular flexibility index (Phi) is 6.59. The smallest absolute Gasteiger partial charge is 0.298 e. The predicted molar refractivity (Wildman–Crippen MR) is 153 cm³/mol. The van der Waals surface area contributed by atoms with Gasteiger partial charge in [-0.05, 0) is 54.7 Å². The fourth-order valence-corrected chi connectivity index (χ4v) is 5.01. The van der Waals surface area contributed by atoms with Crippen LogP contribution in [0.3, 0.4) is 0 Å². The molecule has 1 N–H and O–H groups in total. The van der Waals surface area contributed by atoms with E-state index in [2.05, 4.69) is 5.32 Å². The van der Waals surface area contributed by atoms with Crippen molar-refractivity contribution in [3.05, 3.63) is 107 Å². The van der Waals surface area contributed by atoms with Gasteiger partial charge in [-0.15, -0.1) is 0 Å². The molecule has 1 saturated heterocycles. The molecule has 10 nitrogen and oxygen atoms in total. The largest absolute Gasteiger partial charge is 0.332 e. The van der Waals surface area contributed by atoms with Crippen LogP contribution in [0.2, 0.25) is 10.0 Å². The Bertz CT molecular complexity index is 1940. The number of carbonyl (C=O) groups is 2. The lowest BCUT2D eigenvalue weighted by molar-refractivity contribution is -0.122. The van der Waals surface area contributed by atoms with Crippen LogP contribution >= 0.6 is 35.4 Å². The summed E-state index contributed by atoms with van der Waals surface area (Å²) in [6, 6.07) is 14.4. The molecular formula is C26H17Cl2N5O5S. The first kappa shape index (κ1) is 26.3. The average molecular weight is 582 g/mol. The molecule has 5 rings (SSSR count). The molecule has 13 heteroatoms. The number of halogens is 2. The maximum Gasteiger partial charge on any atom is 0.332 e. The van der Waals surface area contributed by atoms with Crippen LogP contribution in [0.1, 0.15) is 5.56 Å². The van der Waals surface area contributed by atoms with E-state index in [0.29, 0.717) is 16.4 Å². The van der Waals surface area contributed by atoms with Crippen molar-refractivity contribution in [3.63, 3.8) is 0 Å². The fraction of sp³-hybridized carbons (Fsp3) is 0.0769. The molecule has 4 aromatic rings. The van der Waals surface area contributed by atoms with Crippen molar-refractivity contribution >= 4 is 75.1 Å². The summed E-state index contributed by atoms with van der Waals surface area (Å²) < 4.78 is 3.13. The third-order valence-corrected chi connectivity index (χ3v) is 7.15. The van der Waals surface area contributed by atoms with Crippen LogP contribution in [-0.2, 0) is 23.7 Å². The molecule has 0 spiro atoms. The Hall–Kier alpha value is -4.32. The topological polar surface area (TPSA) is 115 Å². The number of anilines is 1. The monoisotopic (exact) mass is 581 g/mol. The summed E-state index contributed by atoms with van der Waals surface area (Å²) >= 11 is 17.8. The maximum absolute atomic E-state index is 13.9. The summed E-state index contributed by atoms with van der Waals surface area (Å²) in [5.41, 5.74) is -2.33. The number of benzene rings is 2. The zero-order valence-corrected chi connectivity index (χ0v) is 22.6. The highest BCUT2D eigenvalue weighted by molar-refractivity contribution is 7.80. The number of hydrogen-bond acceptors (Lipinski definition) is 6. The lowest BCUT2D eigenvalue weighted by atomic mass is 10.1. The van der Waals surface area contributed by atoms with Crippen LogP contribution in [0.4, 0.5) is 5.69 Å². The van der Waals surface area contributed by atoms with Crippen LogP contribution < -0.4 is 27.0 Å². The van der Waals surface area contributed by atoms with Gasteiger partial charge in [-0.25, -0.2) is 4.79 Å². The van der Waals surface area contributed by atoms with Crippen molar-refractivity contribution in [2.24, 2.45) is 14.1 Å². The van der Waals surface area contributed by atoms with Crippen molar-refractivity contribution in [3.8, 4) is 5.69 Å². The predicted octanol–water partition coefficient (Wildman–Crippen LogP) is 2.53. The Balaban J connectivity index is 1.84. The van der Waals surface area contributed by atoms with Crippen molar-refractivity contribution in [2.75, 3.05) is 4.90 Å². The zero-order chi connectivity index (χ0) is 28.2. The maximum atomic E-state index is 13.9. The molecular weight excluding hydrogens is 565 g/mol. The minimum atomic E-state index is -0.856. The average Bonchev–Trinajstić information content (AvgIpc) is 2.91. The quantitative estimate of drug-likeness (QED) is 0.226. The van der Waals surface area contributed by atoms with Gasteiger partial charge in [-0.3, -0.25) is 43.1 Å². The first-order valence-electron chi connectivity index (χ1n) is 11.3. The SMILES string of the molecule is Cn1c(=O)c2c(Cl)c(C=C3C(=O)NC(=S)N(c4ccc(Cl)cc4)C3=O)c(=O)n(-c3ccccc3)c2n(C)c1=O. The van der Waals surface area contributed by atoms with Gasteiger partial charge in [0.25, 0.3) is 22.9 Å². The number of amides is 2. The summed E-state index contributed by atoms with van der Waals surface area (Å²) in [5.74, 6) is -1.67. The Labute approximate surface area is 234 Å². The molecule has 3 heterocycles. The zero-order valence-electron chi connectivity index (χ0n) is 20.3. The van der Waals surface area contributed by atoms with Crippen molar-refractivity contribution in [2.45, 2.75) is 0 Å². The number of para-hydroxylation sites is 1. The number of nitrogens with zero attached hydrogens (tertiary/aromatic N) is 4. The molecule has 0 saturated carbocycles. The molecule has 1 aliphatic heterocycles. The molecule has 0 atom stereocenters. The van der Waals surface area contributed by atoms with Gasteiger partial charge in [0.05, 0.1) is 22.0 Å². The summed E-state index contributed by atoms with van der Waals surface area (Å²) in [6.07, 6.45) is 1.02. The number of aromatic nitrogens is 3. The van der Waals surface area contributed by atoms with E-state index in [9.17, 15) is 24.0 Å². The number of fused-ring (bicyclic) bond motifs is 1. The van der Waals surface area contributed by atoms with Crippen molar-refractivity contribution in [1.29, 1.82) is 0 Å². The molecule has 2 amide bonds. The van der Waals surface area contributed by atoms with Crippen LogP contribution in [0.25, 0.3) is 22.8 Å². The number of thiocarbonyl (C=S) groups is 1. The second kappa shape index (κ2) is 9.77. The molecule has 2 aromatic carbocycles. The number of hydrogen-bond donors (Lipinski definition) is 1. The number of carbonyl (C=O) groups excluding carboxylic acids is 2. The number of pyridine rings is 1. The Morgan fingerprint density at radius 3 is 2.10 bits per heavy atom. The van der Waals surface area contributed by atoms with Gasteiger partial charge in [0, 0.05) is 19.1 Å². The Morgan fingerprint density at radius 1 is 0.821 bits per heavy atom. The molecule has 1 aliphatic rings. The van der Waals surface area contributed by atoms with Gasteiger partial charge < -0.3 is 0 Å². The van der Waals surface area contributed by atoms with Gasteiger partial charge in [0.15, 0.2) is 5.11 Å². The van der Waals surface area contributed by atoms with E-state index in [1.165, 1.54) is 26.2 Å². The summed E-state index contributed by atoms with van der Waals surface area (Å²) in [4.78, 5) is 67.4. The van der Waals surface area contributed by atoms with E-state index in [1.54, 1.807) is 42.5 Å². The molecule has 39 heavy (non-hydrogen) atoms. The van der Waals surface area contributed by atoms with Crippen LogP contribution in [0, 0.1) is 0 Å². The highest BCUT2D eigenvalue weighted by Crippen LogP contribution is 2.28. The highest BCUT2D eigenvalue weighted by Gasteiger charge is 2.35. The minimum Gasteiger partial charge on any atom is -0.298 e. The standard InChI is InChI=1S/C26H17Cl2N5O5S/c1-30-21-18(24(37)31(2)26(30)38)19(28)16(22(35)32(21)14-6-4-3-5-7-14)12-17-20(34)29-25(39)33(23(17)36)15-10-8-13(27)9-11-15/h3-12H,1-2H3,(H,29,34,39). The van der Waals surface area contributed by atoms with Crippen molar-refractivity contribution < 1.29 is 9.59 Å². The van der Waals surface area contributed by atoms with E-state index in [-0.39, 0.29) is 26.7 Å². The van der Waals surface area contributed by atoms with Crippen LogP contribution in [0.15, 0.2) is 74.6 Å². The molecule has 0 radical (unpaired) electrons. The van der Waals surface area contributed by atoms with Gasteiger partial charge in [0.2, 0.25) is 0 Å². The molecule has 196 valence electrons. The summed E-state index contributed by atoms with van der Waals surface area (Å²) in [6.45, 7) is 0. The second-order valence-electron chi connectivity index (χ2n) is 8.54. The van der Waals surface area contributed by atoms with Gasteiger partial charge in [-0.1, -0.05) is 41.4 Å². The number of rotatable bonds is 3. The number of nitrogens with one attached hydrogen (secondary N) is 1. The van der Waals surface area contributed by atoms with E-state index < -0.39 is 34.2 Å². The molecule has 0 aliphatic carbocycles. The second-order valence-corrected chi connectivity index (χ2v) is 9.74. The fourth-order valence-electron chi connectivity index (χ4n) is 4.30. The molecule has 0 bridgehead atoms.